The van der Waals surface area contributed by atoms with E-state index >= 15 is 0 Å². The Balaban J connectivity index is 1.64. The summed E-state index contributed by atoms with van der Waals surface area (Å²) in [6, 6.07) is 8.60. The molecule has 0 radical (unpaired) electrons. The summed E-state index contributed by atoms with van der Waals surface area (Å²) in [5, 5.41) is 2.27. The normalized spacial score (nSPS) is 19.6. The second-order valence-corrected chi connectivity index (χ2v) is 7.97. The van der Waals surface area contributed by atoms with E-state index in [1.54, 1.807) is 12.1 Å². The molecule has 1 aliphatic carbocycles. The maximum absolute atomic E-state index is 12.8. The molecule has 0 unspecified atom stereocenters. The summed E-state index contributed by atoms with van der Waals surface area (Å²) >= 11 is 3.53. The van der Waals surface area contributed by atoms with E-state index < -0.39 is 17.8 Å². The highest BCUT2D eigenvalue weighted by atomic mass is 79.9. The van der Waals surface area contributed by atoms with Gasteiger partial charge in [-0.05, 0) is 55.7 Å². The summed E-state index contributed by atoms with van der Waals surface area (Å²) in [6.07, 6.45) is 4.89. The van der Waals surface area contributed by atoms with Gasteiger partial charge in [0.2, 0.25) is 0 Å². The van der Waals surface area contributed by atoms with Gasteiger partial charge in [0, 0.05) is 16.1 Å². The van der Waals surface area contributed by atoms with Crippen molar-refractivity contribution in [2.45, 2.75) is 38.6 Å². The number of nitrogens with one attached hydrogen (secondary N) is 1. The summed E-state index contributed by atoms with van der Waals surface area (Å²) < 4.78 is 6.73. The molecule has 4 rings (SSSR count). The first-order valence-electron chi connectivity index (χ1n) is 9.21. The Kier molecular flexibility index (Phi) is 4.93. The first-order valence-corrected chi connectivity index (χ1v) is 10.0. The van der Waals surface area contributed by atoms with E-state index in [0.717, 1.165) is 41.3 Å². The number of hydrogen-bond donors (Lipinski definition) is 1. The summed E-state index contributed by atoms with van der Waals surface area (Å²) in [5.41, 5.74) is 1.90. The number of halogens is 1. The molecule has 1 saturated carbocycles. The third-order valence-corrected chi connectivity index (χ3v) is 5.78. The average molecular weight is 443 g/mol. The van der Waals surface area contributed by atoms with Crippen molar-refractivity contribution in [3.05, 3.63) is 51.7 Å². The van der Waals surface area contributed by atoms with Gasteiger partial charge in [0.1, 0.15) is 17.1 Å². The molecule has 2 fully saturated rings. The minimum Gasteiger partial charge on any atom is -0.457 e. The number of benzene rings is 1. The van der Waals surface area contributed by atoms with Gasteiger partial charge >= 0.3 is 6.03 Å². The summed E-state index contributed by atoms with van der Waals surface area (Å²) in [5.74, 6) is -0.262. The highest BCUT2D eigenvalue weighted by Crippen LogP contribution is 2.32. The first kappa shape index (κ1) is 18.7. The number of imide groups is 2. The second-order valence-electron chi connectivity index (χ2n) is 7.12. The number of urea groups is 1. The third kappa shape index (κ3) is 3.42. The van der Waals surface area contributed by atoms with E-state index in [0.29, 0.717) is 11.5 Å². The van der Waals surface area contributed by atoms with Crippen LogP contribution in [0.5, 0.6) is 0 Å². The zero-order valence-electron chi connectivity index (χ0n) is 15.3. The molecule has 0 bridgehead atoms. The first-order chi connectivity index (χ1) is 13.4. The number of carbonyl (C=O) groups is 3. The van der Waals surface area contributed by atoms with Gasteiger partial charge in [0.15, 0.2) is 0 Å². The van der Waals surface area contributed by atoms with Gasteiger partial charge in [-0.25, -0.2) is 4.79 Å². The predicted molar refractivity (Wildman–Crippen MR) is 107 cm³/mol. The molecule has 1 saturated heterocycles. The molecule has 0 spiro atoms. The van der Waals surface area contributed by atoms with Crippen LogP contribution in [0.4, 0.5) is 4.79 Å². The fraction of sp³-hybridized carbons (Fsp3) is 0.286. The zero-order valence-corrected chi connectivity index (χ0v) is 16.9. The maximum atomic E-state index is 12.8. The fourth-order valence-corrected chi connectivity index (χ4v) is 4.39. The molecule has 0 atom stereocenters. The standard InChI is InChI=1S/C21H19BrN2O4/c1-12-6-8-15(17(22)10-12)18-9-7-14(28-18)11-16-19(25)23-21(27)24(20(16)26)13-4-2-3-5-13/h6-11,13H,2-5H2,1H3,(H,23,25,27)/b16-11-. The van der Waals surface area contributed by atoms with E-state index in [4.69, 9.17) is 4.42 Å². The Bertz CT molecular complexity index is 1000. The lowest BCUT2D eigenvalue weighted by Gasteiger charge is -2.30. The van der Waals surface area contributed by atoms with Crippen LogP contribution in [-0.2, 0) is 9.59 Å². The van der Waals surface area contributed by atoms with Gasteiger partial charge in [0.25, 0.3) is 11.8 Å². The van der Waals surface area contributed by atoms with Crippen LogP contribution in [-0.4, -0.2) is 28.8 Å². The van der Waals surface area contributed by atoms with Crippen LogP contribution in [0.1, 0.15) is 37.0 Å². The van der Waals surface area contributed by atoms with E-state index in [1.165, 1.54) is 11.0 Å². The van der Waals surface area contributed by atoms with Crippen LogP contribution in [0.3, 0.4) is 0 Å². The van der Waals surface area contributed by atoms with Crippen molar-refractivity contribution >= 4 is 39.9 Å². The van der Waals surface area contributed by atoms with Crippen molar-refractivity contribution in [1.29, 1.82) is 0 Å². The fourth-order valence-electron chi connectivity index (χ4n) is 3.70. The zero-order chi connectivity index (χ0) is 19.8. The number of carbonyl (C=O) groups excluding carboxylic acids is 3. The molecule has 1 N–H and O–H groups in total. The number of hydrogen-bond acceptors (Lipinski definition) is 4. The number of furan rings is 1. The number of amides is 4. The number of barbiturate groups is 1. The molecule has 4 amide bonds. The van der Waals surface area contributed by atoms with Crippen molar-refractivity contribution in [2.24, 2.45) is 0 Å². The topological polar surface area (TPSA) is 79.6 Å². The van der Waals surface area contributed by atoms with E-state index in [9.17, 15) is 14.4 Å². The summed E-state index contributed by atoms with van der Waals surface area (Å²) in [7, 11) is 0. The van der Waals surface area contributed by atoms with Crippen LogP contribution in [0.2, 0.25) is 0 Å². The molecule has 2 aromatic rings. The van der Waals surface area contributed by atoms with Gasteiger partial charge in [0.05, 0.1) is 0 Å². The SMILES string of the molecule is Cc1ccc(-c2ccc(/C=C3/C(=O)NC(=O)N(C4CCCC4)C3=O)o2)c(Br)c1. The van der Waals surface area contributed by atoms with Gasteiger partial charge in [-0.3, -0.25) is 19.8 Å². The Morgan fingerprint density at radius 2 is 1.89 bits per heavy atom. The van der Waals surface area contributed by atoms with Crippen molar-refractivity contribution in [3.8, 4) is 11.3 Å². The van der Waals surface area contributed by atoms with Gasteiger partial charge in [-0.15, -0.1) is 0 Å². The molecule has 1 aromatic carbocycles. The molecular weight excluding hydrogens is 424 g/mol. The van der Waals surface area contributed by atoms with Crippen LogP contribution in [0.15, 0.2) is 44.8 Å². The van der Waals surface area contributed by atoms with E-state index in [1.807, 2.05) is 25.1 Å². The Hall–Kier alpha value is -2.67. The highest BCUT2D eigenvalue weighted by molar-refractivity contribution is 9.10. The molecule has 7 heteroatoms. The molecule has 2 heterocycles. The number of rotatable bonds is 3. The molecule has 1 aromatic heterocycles. The molecule has 144 valence electrons. The second kappa shape index (κ2) is 7.39. The lowest BCUT2D eigenvalue weighted by Crippen LogP contribution is -2.57. The molecule has 6 nitrogen and oxygen atoms in total. The molecule has 28 heavy (non-hydrogen) atoms. The Morgan fingerprint density at radius 1 is 1.14 bits per heavy atom. The van der Waals surface area contributed by atoms with Crippen molar-refractivity contribution in [1.82, 2.24) is 10.2 Å². The Morgan fingerprint density at radius 3 is 2.61 bits per heavy atom. The number of nitrogens with zero attached hydrogens (tertiary/aromatic N) is 1. The highest BCUT2D eigenvalue weighted by Gasteiger charge is 2.40. The van der Waals surface area contributed by atoms with Crippen LogP contribution >= 0.6 is 15.9 Å². The summed E-state index contributed by atoms with van der Waals surface area (Å²) in [6.45, 7) is 2.00. The minimum absolute atomic E-state index is 0.0876. The van der Waals surface area contributed by atoms with Gasteiger partial charge in [-0.1, -0.05) is 34.8 Å². The van der Waals surface area contributed by atoms with E-state index in [-0.39, 0.29) is 11.6 Å². The van der Waals surface area contributed by atoms with Crippen LogP contribution in [0, 0.1) is 6.92 Å². The lowest BCUT2D eigenvalue weighted by atomic mass is 10.1. The molecule has 1 aliphatic heterocycles. The predicted octanol–water partition coefficient (Wildman–Crippen LogP) is 4.42. The van der Waals surface area contributed by atoms with Crippen LogP contribution < -0.4 is 5.32 Å². The van der Waals surface area contributed by atoms with Crippen molar-refractivity contribution < 1.29 is 18.8 Å². The minimum atomic E-state index is -0.696. The monoisotopic (exact) mass is 442 g/mol. The van der Waals surface area contributed by atoms with Gasteiger partial charge in [-0.2, -0.15) is 0 Å². The maximum Gasteiger partial charge on any atom is 0.331 e. The largest absolute Gasteiger partial charge is 0.457 e. The lowest BCUT2D eigenvalue weighted by molar-refractivity contribution is -0.131. The van der Waals surface area contributed by atoms with Gasteiger partial charge < -0.3 is 4.42 Å². The quantitative estimate of drug-likeness (QED) is 0.563. The third-order valence-electron chi connectivity index (χ3n) is 5.13. The average Bonchev–Trinajstić information content (AvgIpc) is 3.31. The molecule has 2 aliphatic rings. The van der Waals surface area contributed by atoms with Crippen molar-refractivity contribution in [2.75, 3.05) is 0 Å². The summed E-state index contributed by atoms with van der Waals surface area (Å²) in [4.78, 5) is 38.4. The van der Waals surface area contributed by atoms with Crippen LogP contribution in [0.25, 0.3) is 17.4 Å². The Labute approximate surface area is 170 Å². The van der Waals surface area contributed by atoms with E-state index in [2.05, 4.69) is 21.2 Å². The van der Waals surface area contributed by atoms with Crippen molar-refractivity contribution in [3.63, 3.8) is 0 Å². The smallest absolute Gasteiger partial charge is 0.331 e. The molecular formula is C21H19BrN2O4. The number of aryl methyl sites for hydroxylation is 1.